The average Bonchev–Trinajstić information content (AvgIpc) is 3.20. The van der Waals surface area contributed by atoms with Gasteiger partial charge in [0.25, 0.3) is 0 Å². The summed E-state index contributed by atoms with van der Waals surface area (Å²) in [6.45, 7) is 5.60. The number of hydrogen-bond acceptors (Lipinski definition) is 9. The van der Waals surface area contributed by atoms with Crippen molar-refractivity contribution in [1.29, 1.82) is 0 Å². The predicted octanol–water partition coefficient (Wildman–Crippen LogP) is 2.72. The van der Waals surface area contributed by atoms with Crippen LogP contribution in [0.4, 0.5) is 5.69 Å². The van der Waals surface area contributed by atoms with E-state index in [4.69, 9.17) is 23.6 Å². The van der Waals surface area contributed by atoms with Crippen LogP contribution < -0.4 is 15.7 Å². The Morgan fingerprint density at radius 3 is 2.57 bits per heavy atom. The summed E-state index contributed by atoms with van der Waals surface area (Å²) in [5, 5.41) is 0. The number of hydroxylamine groups is 1. The zero-order valence-electron chi connectivity index (χ0n) is 16.4. The monoisotopic (exact) mass is 389 g/mol. The lowest BCUT2D eigenvalue weighted by Gasteiger charge is -2.27. The molecule has 1 heterocycles. The van der Waals surface area contributed by atoms with Gasteiger partial charge in [0.15, 0.2) is 24.4 Å². The molecule has 0 spiro atoms. The molecule has 1 aromatic carbocycles. The zero-order valence-corrected chi connectivity index (χ0v) is 16.4. The van der Waals surface area contributed by atoms with Crippen molar-refractivity contribution in [2.75, 3.05) is 19.7 Å². The standard InChI is InChI=1S/C19H23N3O6/c1-19(2,3)17(18(23)25-5)22-28-9-8-27-21-13-6-7-14(15(10-13)24-4)16-11-20-12-26-16/h6-7,10-12,17,21-22H,1-5H3. The number of hydrogen-bond donors (Lipinski definition) is 2. The van der Waals surface area contributed by atoms with Gasteiger partial charge in [-0.25, -0.2) is 10.5 Å². The minimum absolute atomic E-state index is 0.421. The molecule has 2 aromatic rings. The van der Waals surface area contributed by atoms with Crippen LogP contribution in [0.15, 0.2) is 35.2 Å². The number of carbonyl (C=O) groups excluding carboxylic acids is 1. The van der Waals surface area contributed by atoms with Gasteiger partial charge in [-0.1, -0.05) is 20.8 Å². The molecule has 1 unspecified atom stereocenters. The summed E-state index contributed by atoms with van der Waals surface area (Å²) in [4.78, 5) is 25.6. The van der Waals surface area contributed by atoms with Crippen molar-refractivity contribution in [3.8, 4) is 29.3 Å². The lowest BCUT2D eigenvalue weighted by molar-refractivity contribution is -0.149. The summed E-state index contributed by atoms with van der Waals surface area (Å²) >= 11 is 0. The number of nitrogens with zero attached hydrogens (tertiary/aromatic N) is 1. The molecule has 9 nitrogen and oxygen atoms in total. The highest BCUT2D eigenvalue weighted by Gasteiger charge is 2.32. The molecule has 28 heavy (non-hydrogen) atoms. The van der Waals surface area contributed by atoms with E-state index in [-0.39, 0.29) is 0 Å². The molecule has 0 bridgehead atoms. The number of carbonyl (C=O) groups is 1. The van der Waals surface area contributed by atoms with Gasteiger partial charge in [-0.3, -0.25) is 4.79 Å². The topological polar surface area (TPSA) is 104 Å². The maximum atomic E-state index is 11.8. The number of ether oxygens (including phenoxy) is 2. The van der Waals surface area contributed by atoms with Crippen LogP contribution in [0.2, 0.25) is 0 Å². The number of rotatable bonds is 7. The maximum absolute atomic E-state index is 11.8. The Labute approximate surface area is 163 Å². The molecule has 2 rings (SSSR count). The Morgan fingerprint density at radius 2 is 1.96 bits per heavy atom. The molecule has 9 heteroatoms. The lowest BCUT2D eigenvalue weighted by atomic mass is 9.87. The van der Waals surface area contributed by atoms with Gasteiger partial charge in [0.2, 0.25) is 0 Å². The molecule has 0 saturated carbocycles. The summed E-state index contributed by atoms with van der Waals surface area (Å²) < 4.78 is 15.4. The number of esters is 1. The Morgan fingerprint density at radius 1 is 1.21 bits per heavy atom. The van der Waals surface area contributed by atoms with Crippen LogP contribution in [-0.2, 0) is 19.2 Å². The highest BCUT2D eigenvalue weighted by molar-refractivity contribution is 5.76. The third-order valence-corrected chi connectivity index (χ3v) is 3.69. The van der Waals surface area contributed by atoms with Gasteiger partial charge in [0.1, 0.15) is 11.8 Å². The number of benzene rings is 1. The van der Waals surface area contributed by atoms with E-state index in [1.807, 2.05) is 20.8 Å². The minimum Gasteiger partial charge on any atom is -0.496 e. The second-order valence-electron chi connectivity index (χ2n) is 6.73. The molecule has 0 saturated heterocycles. The number of anilines is 1. The van der Waals surface area contributed by atoms with E-state index in [1.54, 1.807) is 31.5 Å². The summed E-state index contributed by atoms with van der Waals surface area (Å²) in [5.74, 6) is 0.706. The van der Waals surface area contributed by atoms with Gasteiger partial charge in [-0.05, 0) is 17.5 Å². The molecule has 0 radical (unpaired) electrons. The normalized spacial score (nSPS) is 11.6. The van der Waals surface area contributed by atoms with E-state index in [9.17, 15) is 4.79 Å². The highest BCUT2D eigenvalue weighted by atomic mass is 16.7. The number of methoxy groups -OCH3 is 2. The molecule has 1 aromatic heterocycles. The molecule has 0 aliphatic rings. The van der Waals surface area contributed by atoms with Crippen LogP contribution in [0.1, 0.15) is 20.8 Å². The van der Waals surface area contributed by atoms with E-state index in [0.717, 1.165) is 5.56 Å². The van der Waals surface area contributed by atoms with Crippen molar-refractivity contribution in [2.24, 2.45) is 5.41 Å². The maximum Gasteiger partial charge on any atom is 0.326 e. The van der Waals surface area contributed by atoms with E-state index >= 15 is 0 Å². The van der Waals surface area contributed by atoms with Gasteiger partial charge >= 0.3 is 5.97 Å². The summed E-state index contributed by atoms with van der Waals surface area (Å²) in [6.07, 6.45) is 7.54. The highest BCUT2D eigenvalue weighted by Crippen LogP contribution is 2.32. The van der Waals surface area contributed by atoms with Gasteiger partial charge in [0, 0.05) is 6.07 Å². The average molecular weight is 389 g/mol. The summed E-state index contributed by atoms with van der Waals surface area (Å²) in [7, 11) is 2.86. The van der Waals surface area contributed by atoms with E-state index in [1.165, 1.54) is 13.5 Å². The first kappa shape index (κ1) is 20.9. The Hall–Kier alpha value is -3.38. The second kappa shape index (κ2) is 9.53. The molecule has 0 amide bonds. The third-order valence-electron chi connectivity index (χ3n) is 3.69. The van der Waals surface area contributed by atoms with Crippen LogP contribution in [0, 0.1) is 17.6 Å². The lowest BCUT2D eigenvalue weighted by Crippen LogP contribution is -2.46. The van der Waals surface area contributed by atoms with Crippen molar-refractivity contribution in [3.05, 3.63) is 30.8 Å². The molecule has 2 N–H and O–H groups in total. The molecule has 1 atom stereocenters. The van der Waals surface area contributed by atoms with Crippen LogP contribution >= 0.6 is 0 Å². The summed E-state index contributed by atoms with van der Waals surface area (Å²) in [5.41, 5.74) is 6.13. The molecule has 0 aliphatic carbocycles. The first-order chi connectivity index (χ1) is 13.4. The fraction of sp³-hybridized carbons (Fsp3) is 0.368. The van der Waals surface area contributed by atoms with Crippen molar-refractivity contribution in [3.63, 3.8) is 0 Å². The fourth-order valence-corrected chi connectivity index (χ4v) is 2.22. The SMILES string of the molecule is COC(=O)C(NOC#CONc1ccc(-c2cnco2)c(OC)c1)C(C)(C)C. The Kier molecular flexibility index (Phi) is 7.12. The number of aromatic nitrogens is 1. The first-order valence-corrected chi connectivity index (χ1v) is 8.34. The zero-order chi connectivity index (χ0) is 20.6. The van der Waals surface area contributed by atoms with Crippen molar-refractivity contribution in [1.82, 2.24) is 10.5 Å². The van der Waals surface area contributed by atoms with Crippen molar-refractivity contribution >= 4 is 11.7 Å². The quantitative estimate of drug-likeness (QED) is 0.420. The van der Waals surface area contributed by atoms with Gasteiger partial charge in [0.05, 0.1) is 31.7 Å². The Balaban J connectivity index is 1.89. The number of oxazole rings is 1. The van der Waals surface area contributed by atoms with Crippen molar-refractivity contribution in [2.45, 2.75) is 26.8 Å². The molecule has 0 aliphatic heterocycles. The fourth-order valence-electron chi connectivity index (χ4n) is 2.22. The largest absolute Gasteiger partial charge is 0.496 e. The van der Waals surface area contributed by atoms with E-state index in [0.29, 0.717) is 17.2 Å². The summed E-state index contributed by atoms with van der Waals surface area (Å²) in [6, 6.07) is 4.58. The van der Waals surface area contributed by atoms with Crippen molar-refractivity contribution < 1.29 is 28.4 Å². The van der Waals surface area contributed by atoms with Gasteiger partial charge in [-0.15, -0.1) is 5.48 Å². The second-order valence-corrected chi connectivity index (χ2v) is 6.73. The van der Waals surface area contributed by atoms with Crippen LogP contribution in [-0.4, -0.2) is 31.2 Å². The molecular weight excluding hydrogens is 366 g/mol. The van der Waals surface area contributed by atoms with Gasteiger partial charge < -0.3 is 23.6 Å². The van der Waals surface area contributed by atoms with Crippen LogP contribution in [0.25, 0.3) is 11.3 Å². The van der Waals surface area contributed by atoms with Crippen LogP contribution in [0.3, 0.4) is 0 Å². The van der Waals surface area contributed by atoms with E-state index in [2.05, 4.69) is 28.2 Å². The predicted molar refractivity (Wildman–Crippen MR) is 100 cm³/mol. The molecular formula is C19H23N3O6. The van der Waals surface area contributed by atoms with Crippen LogP contribution in [0.5, 0.6) is 5.75 Å². The minimum atomic E-state index is -0.687. The van der Waals surface area contributed by atoms with Gasteiger partial charge in [-0.2, -0.15) is 0 Å². The van der Waals surface area contributed by atoms with E-state index < -0.39 is 17.4 Å². The number of nitrogens with one attached hydrogen (secondary N) is 2. The molecule has 150 valence electrons. The Bertz CT molecular complexity index is 834. The smallest absolute Gasteiger partial charge is 0.326 e. The first-order valence-electron chi connectivity index (χ1n) is 8.34. The third kappa shape index (κ3) is 5.56. The molecule has 0 fully saturated rings.